The lowest BCUT2D eigenvalue weighted by Gasteiger charge is -2.37. The molecule has 2 fully saturated rings. The van der Waals surface area contributed by atoms with E-state index in [-0.39, 0.29) is 0 Å². The summed E-state index contributed by atoms with van der Waals surface area (Å²) in [5.74, 6) is 2.58. The lowest BCUT2D eigenvalue weighted by Crippen LogP contribution is -2.42. The van der Waals surface area contributed by atoms with Crippen molar-refractivity contribution in [1.82, 2.24) is 24.8 Å². The first kappa shape index (κ1) is 30.2. The lowest BCUT2D eigenvalue weighted by atomic mass is 10.0. The second-order valence-corrected chi connectivity index (χ2v) is 12.7. The zero-order chi connectivity index (χ0) is 30.8. The highest BCUT2D eigenvalue weighted by Gasteiger charge is 2.29. The second-order valence-electron chi connectivity index (χ2n) is 11.8. The average molecular weight is 614 g/mol. The molecule has 1 aliphatic carbocycles. The summed E-state index contributed by atoms with van der Waals surface area (Å²) >= 11 is 1.63. The van der Waals surface area contributed by atoms with Crippen LogP contribution in [0.1, 0.15) is 49.7 Å². The number of hydrogen-bond acceptors (Lipinski definition) is 11. The van der Waals surface area contributed by atoms with Gasteiger partial charge in [0.15, 0.2) is 0 Å². The maximum Gasteiger partial charge on any atom is 0.229 e. The van der Waals surface area contributed by atoms with E-state index >= 15 is 0 Å². The molecule has 0 bridgehead atoms. The molecule has 0 amide bonds. The van der Waals surface area contributed by atoms with Crippen molar-refractivity contribution in [1.29, 1.82) is 0 Å². The molecular weight excluding hydrogens is 570 g/mol. The highest BCUT2D eigenvalue weighted by molar-refractivity contribution is 7.99. The minimum Gasteiger partial charge on any atom is -0.494 e. The van der Waals surface area contributed by atoms with Crippen LogP contribution < -0.4 is 24.6 Å². The third-order valence-corrected chi connectivity index (χ3v) is 9.58. The molecule has 10 nitrogen and oxygen atoms in total. The molecule has 232 valence electrons. The van der Waals surface area contributed by atoms with Gasteiger partial charge in [-0.1, -0.05) is 18.9 Å². The largest absolute Gasteiger partial charge is 0.494 e. The molecule has 2 aromatic heterocycles. The maximum atomic E-state index is 5.91. The molecule has 1 saturated carbocycles. The number of ether oxygens (including phenoxy) is 1. The van der Waals surface area contributed by atoms with Crippen molar-refractivity contribution in [2.75, 3.05) is 67.4 Å². The molecule has 44 heavy (non-hydrogen) atoms. The van der Waals surface area contributed by atoms with E-state index in [1.54, 1.807) is 31.5 Å². The van der Waals surface area contributed by atoms with Crippen LogP contribution in [0.3, 0.4) is 0 Å². The van der Waals surface area contributed by atoms with Gasteiger partial charge in [-0.3, -0.25) is 9.97 Å². The van der Waals surface area contributed by atoms with E-state index in [0.29, 0.717) is 17.9 Å². The molecule has 2 aliphatic rings. The highest BCUT2D eigenvalue weighted by atomic mass is 32.2. The SMILES string of the molecule is CCc1cc(Nc2ncc(C3CC3)c(Nc3ccc4nccnc4c3N(C)SC)n2)c(OC)cc1N1CCC(N(C)C)CC1. The van der Waals surface area contributed by atoms with Crippen LogP contribution in [0.25, 0.3) is 11.0 Å². The van der Waals surface area contributed by atoms with Gasteiger partial charge >= 0.3 is 0 Å². The van der Waals surface area contributed by atoms with Gasteiger partial charge < -0.3 is 29.5 Å². The predicted molar refractivity (Wildman–Crippen MR) is 183 cm³/mol. The van der Waals surface area contributed by atoms with Crippen molar-refractivity contribution in [2.24, 2.45) is 0 Å². The fraction of sp³-hybridized carbons (Fsp3) is 0.455. The molecule has 2 N–H and O–H groups in total. The summed E-state index contributed by atoms with van der Waals surface area (Å²) in [6.07, 6.45) is 13.0. The van der Waals surface area contributed by atoms with Gasteiger partial charge in [0.05, 0.1) is 29.7 Å². The quantitative estimate of drug-likeness (QED) is 0.179. The van der Waals surface area contributed by atoms with Crippen LogP contribution in [0.4, 0.5) is 34.5 Å². The van der Waals surface area contributed by atoms with Gasteiger partial charge in [0.2, 0.25) is 5.95 Å². The first-order valence-corrected chi connectivity index (χ1v) is 16.6. The van der Waals surface area contributed by atoms with Crippen LogP contribution in [-0.4, -0.2) is 78.5 Å². The molecule has 0 radical (unpaired) electrons. The van der Waals surface area contributed by atoms with E-state index in [1.807, 2.05) is 19.3 Å². The predicted octanol–water partition coefficient (Wildman–Crippen LogP) is 6.60. The Bertz CT molecular complexity index is 1620. The summed E-state index contributed by atoms with van der Waals surface area (Å²) in [6.45, 7) is 4.29. The Morgan fingerprint density at radius 1 is 0.977 bits per heavy atom. The number of aromatic nitrogens is 4. The Balaban J connectivity index is 1.32. The molecule has 3 heterocycles. The fourth-order valence-corrected chi connectivity index (χ4v) is 6.47. The molecule has 1 aliphatic heterocycles. The Morgan fingerprint density at radius 3 is 2.43 bits per heavy atom. The molecule has 1 saturated heterocycles. The standard InChI is InChI=1S/C33H43N9OS/c1-7-21-18-27(29(43-5)19-28(21)42-16-12-23(13-17-42)40(2)3)38-33-36-20-24(22-8-9-22)32(39-33)37-26-11-10-25-30(35-15-14-34-25)31(26)41(4)44-6/h10-11,14-15,18-20,22-23H,7-9,12-13,16-17H2,1-6H3,(H2,36,37,38,39). The zero-order valence-electron chi connectivity index (χ0n) is 26.6. The number of fused-ring (bicyclic) bond motifs is 1. The Morgan fingerprint density at radius 2 is 1.75 bits per heavy atom. The lowest BCUT2D eigenvalue weighted by molar-refractivity contribution is 0.249. The van der Waals surface area contributed by atoms with Crippen LogP contribution in [0.15, 0.2) is 42.9 Å². The monoisotopic (exact) mass is 613 g/mol. The number of hydrogen-bond donors (Lipinski definition) is 2. The number of piperidine rings is 1. The molecule has 4 aromatic rings. The van der Waals surface area contributed by atoms with E-state index < -0.39 is 0 Å². The summed E-state index contributed by atoms with van der Waals surface area (Å²) in [4.78, 5) is 23.8. The third kappa shape index (κ3) is 6.21. The number of methoxy groups -OCH3 is 1. The fourth-order valence-electron chi connectivity index (χ4n) is 6.11. The van der Waals surface area contributed by atoms with Crippen molar-refractivity contribution >= 4 is 57.5 Å². The van der Waals surface area contributed by atoms with Crippen LogP contribution in [-0.2, 0) is 6.42 Å². The first-order valence-electron chi connectivity index (χ1n) is 15.4. The van der Waals surface area contributed by atoms with E-state index in [0.717, 1.165) is 90.4 Å². The topological polar surface area (TPSA) is 94.6 Å². The first-order chi connectivity index (χ1) is 21.4. The molecule has 11 heteroatoms. The minimum atomic E-state index is 0.464. The Hall–Kier alpha value is -3.83. The van der Waals surface area contributed by atoms with Gasteiger partial charge in [-0.2, -0.15) is 4.98 Å². The maximum absolute atomic E-state index is 5.91. The van der Waals surface area contributed by atoms with E-state index in [2.05, 4.69) is 80.2 Å². The Kier molecular flexibility index (Phi) is 8.95. The number of aryl methyl sites for hydroxylation is 1. The summed E-state index contributed by atoms with van der Waals surface area (Å²) in [5.41, 5.74) is 8.13. The van der Waals surface area contributed by atoms with Crippen LogP contribution in [0, 0.1) is 0 Å². The highest BCUT2D eigenvalue weighted by Crippen LogP contribution is 2.45. The molecular formula is C33H43N9OS. The average Bonchev–Trinajstić information content (AvgIpc) is 3.90. The smallest absolute Gasteiger partial charge is 0.229 e. The summed E-state index contributed by atoms with van der Waals surface area (Å²) in [6, 6.07) is 9.07. The third-order valence-electron chi connectivity index (χ3n) is 8.85. The minimum absolute atomic E-state index is 0.464. The van der Waals surface area contributed by atoms with E-state index in [1.165, 1.54) is 11.3 Å². The van der Waals surface area contributed by atoms with Gasteiger partial charge in [0.25, 0.3) is 0 Å². The number of anilines is 6. The molecule has 2 aromatic carbocycles. The van der Waals surface area contributed by atoms with Crippen LogP contribution in [0.5, 0.6) is 5.75 Å². The van der Waals surface area contributed by atoms with Gasteiger partial charge in [0, 0.05) is 68.3 Å². The second kappa shape index (κ2) is 13.0. The summed E-state index contributed by atoms with van der Waals surface area (Å²) in [7, 11) is 8.13. The van der Waals surface area contributed by atoms with Gasteiger partial charge in [-0.15, -0.1) is 0 Å². The molecule has 0 spiro atoms. The molecule has 0 unspecified atom stereocenters. The van der Waals surface area contributed by atoms with Gasteiger partial charge in [-0.25, -0.2) is 4.98 Å². The van der Waals surface area contributed by atoms with Crippen molar-refractivity contribution in [2.45, 2.75) is 51.0 Å². The van der Waals surface area contributed by atoms with Crippen molar-refractivity contribution in [3.8, 4) is 5.75 Å². The normalized spacial score (nSPS) is 15.6. The summed E-state index contributed by atoms with van der Waals surface area (Å²) in [5, 5.41) is 7.15. The van der Waals surface area contributed by atoms with Crippen LogP contribution in [0.2, 0.25) is 0 Å². The molecule has 6 rings (SSSR count). The number of rotatable bonds is 11. The zero-order valence-corrected chi connectivity index (χ0v) is 27.4. The number of nitrogens with zero attached hydrogens (tertiary/aromatic N) is 7. The Labute approximate surface area is 264 Å². The number of benzene rings is 2. The van der Waals surface area contributed by atoms with Crippen molar-refractivity contribution in [3.63, 3.8) is 0 Å². The summed E-state index contributed by atoms with van der Waals surface area (Å²) < 4.78 is 8.02. The van der Waals surface area contributed by atoms with E-state index in [4.69, 9.17) is 14.7 Å². The van der Waals surface area contributed by atoms with Crippen molar-refractivity contribution in [3.05, 3.63) is 54.0 Å². The van der Waals surface area contributed by atoms with Gasteiger partial charge in [-0.05, 0) is 75.9 Å². The number of nitrogens with one attached hydrogen (secondary N) is 2. The van der Waals surface area contributed by atoms with Crippen molar-refractivity contribution < 1.29 is 4.74 Å². The molecule has 0 atom stereocenters. The van der Waals surface area contributed by atoms with E-state index in [9.17, 15) is 0 Å². The van der Waals surface area contributed by atoms with Gasteiger partial charge in [0.1, 0.15) is 17.1 Å². The van der Waals surface area contributed by atoms with Crippen LogP contribution >= 0.6 is 11.9 Å².